The van der Waals surface area contributed by atoms with Crippen LogP contribution in [-0.4, -0.2) is 4.98 Å². The number of fused-ring (bicyclic) bond motifs is 7. The molecule has 0 amide bonds. The van der Waals surface area contributed by atoms with E-state index in [1.54, 1.807) is 0 Å². The number of benzene rings is 7. The lowest BCUT2D eigenvalue weighted by atomic mass is 9.93. The fraction of sp³-hybridized carbons (Fsp3) is 0. The number of hydrogen-bond acceptors (Lipinski definition) is 3. The fourth-order valence-corrected chi connectivity index (χ4v) is 10.7. The molecule has 0 aliphatic heterocycles. The van der Waals surface area contributed by atoms with Crippen molar-refractivity contribution >= 4 is 76.2 Å². The van der Waals surface area contributed by atoms with E-state index in [-0.39, 0.29) is 0 Å². The van der Waals surface area contributed by atoms with Crippen LogP contribution in [0.15, 0.2) is 170 Å². The lowest BCUT2D eigenvalue weighted by Crippen LogP contribution is -2.24. The lowest BCUT2D eigenvalue weighted by Gasteiger charge is -2.20. The highest BCUT2D eigenvalue weighted by Crippen LogP contribution is 2.46. The zero-order valence-corrected chi connectivity index (χ0v) is 27.1. The van der Waals surface area contributed by atoms with Crippen LogP contribution in [-0.2, 0) is 4.57 Å². The van der Waals surface area contributed by atoms with Gasteiger partial charge in [-0.25, -0.2) is 4.98 Å². The van der Waals surface area contributed by atoms with Crippen molar-refractivity contribution in [2.45, 2.75) is 0 Å². The van der Waals surface area contributed by atoms with Gasteiger partial charge in [0.25, 0.3) is 0 Å². The summed E-state index contributed by atoms with van der Waals surface area (Å²) in [4.78, 5) is 5.44. The molecule has 9 rings (SSSR count). The van der Waals surface area contributed by atoms with E-state index >= 15 is 4.57 Å². The molecule has 47 heavy (non-hydrogen) atoms. The zero-order valence-electron chi connectivity index (χ0n) is 25.4. The van der Waals surface area contributed by atoms with Crippen LogP contribution in [0, 0.1) is 0 Å². The van der Waals surface area contributed by atoms with E-state index in [1.807, 2.05) is 90.2 Å². The third-order valence-corrected chi connectivity index (χ3v) is 13.4. The minimum Gasteiger partial charge on any atom is -0.309 e. The number of para-hydroxylation sites is 1. The predicted octanol–water partition coefficient (Wildman–Crippen LogP) is 10.7. The molecule has 9 aromatic rings. The molecule has 2 nitrogen and oxygen atoms in total. The van der Waals surface area contributed by atoms with Gasteiger partial charge in [-0.15, -0.1) is 11.3 Å². The van der Waals surface area contributed by atoms with E-state index in [0.717, 1.165) is 54.6 Å². The first-order valence-corrected chi connectivity index (χ1v) is 18.3. The van der Waals surface area contributed by atoms with Crippen LogP contribution >= 0.6 is 18.5 Å². The van der Waals surface area contributed by atoms with Gasteiger partial charge >= 0.3 is 0 Å². The van der Waals surface area contributed by atoms with Crippen molar-refractivity contribution in [3.05, 3.63) is 170 Å². The van der Waals surface area contributed by atoms with E-state index in [2.05, 4.69) is 91.0 Å². The zero-order chi connectivity index (χ0) is 31.4. The Morgan fingerprint density at radius 1 is 0.426 bits per heavy atom. The second-order valence-electron chi connectivity index (χ2n) is 11.8. The highest BCUT2D eigenvalue weighted by atomic mass is 32.1. The molecule has 4 heteroatoms. The van der Waals surface area contributed by atoms with Crippen molar-refractivity contribution in [3.63, 3.8) is 0 Å². The third-order valence-electron chi connectivity index (χ3n) is 9.16. The van der Waals surface area contributed by atoms with Crippen LogP contribution in [0.25, 0.3) is 64.2 Å². The molecule has 0 spiro atoms. The molecular weight excluding hydrogens is 610 g/mol. The smallest absolute Gasteiger partial charge is 0.171 e. The van der Waals surface area contributed by atoms with Crippen molar-refractivity contribution in [1.29, 1.82) is 0 Å². The Bertz CT molecular complexity index is 2590. The molecule has 2 heterocycles. The molecule has 0 aliphatic rings. The van der Waals surface area contributed by atoms with Crippen molar-refractivity contribution in [1.82, 2.24) is 4.98 Å². The van der Waals surface area contributed by atoms with Gasteiger partial charge in [-0.05, 0) is 17.7 Å². The summed E-state index contributed by atoms with van der Waals surface area (Å²) in [6.45, 7) is 0. The highest BCUT2D eigenvalue weighted by molar-refractivity contribution is 7.85. The number of nitrogens with zero attached hydrogens (tertiary/aromatic N) is 1. The SMILES string of the molecule is O=P(c1ccccc1)(c1ccccc1)c1ccc(-c2cccc3c2nc(-c2ccccc2)c2ccc4sc5ccccc5c4c23)cc1. The Balaban J connectivity index is 1.30. The molecule has 0 unspecified atom stereocenters. The first-order chi connectivity index (χ1) is 23.2. The van der Waals surface area contributed by atoms with Gasteiger partial charge in [-0.2, -0.15) is 0 Å². The molecule has 0 bridgehead atoms. The standard InChI is InChI=1S/C43H28NOPS/c45-46(31-15-6-2-7-16-31,32-17-8-3-9-18-32)33-25-23-29(24-26-33)34-20-12-21-36-40-37(42(44-43(34)36)30-13-4-1-5-14-30)27-28-39-41(40)35-19-10-11-22-38(35)47-39/h1-28H. The fourth-order valence-electron chi connectivity index (χ4n) is 6.95. The van der Waals surface area contributed by atoms with Crippen LogP contribution in [0.5, 0.6) is 0 Å². The Morgan fingerprint density at radius 2 is 1.02 bits per heavy atom. The summed E-state index contributed by atoms with van der Waals surface area (Å²) >= 11 is 1.84. The highest BCUT2D eigenvalue weighted by Gasteiger charge is 2.29. The van der Waals surface area contributed by atoms with E-state index in [0.29, 0.717) is 0 Å². The summed E-state index contributed by atoms with van der Waals surface area (Å²) in [7, 11) is -3.07. The molecule has 0 atom stereocenters. The molecule has 0 saturated heterocycles. The minimum absolute atomic E-state index is 0.814. The normalized spacial score (nSPS) is 11.9. The maximum atomic E-state index is 15.0. The number of pyridine rings is 1. The van der Waals surface area contributed by atoms with Gasteiger partial charge in [0.15, 0.2) is 7.14 Å². The monoisotopic (exact) mass is 637 g/mol. The molecular formula is C43H28NOPS. The summed E-state index contributed by atoms with van der Waals surface area (Å²) in [6.07, 6.45) is 0. The van der Waals surface area contributed by atoms with Crippen LogP contribution < -0.4 is 15.9 Å². The van der Waals surface area contributed by atoms with Gasteiger partial charge in [0.05, 0.1) is 11.2 Å². The number of thiophene rings is 1. The van der Waals surface area contributed by atoms with E-state index in [1.165, 1.54) is 25.6 Å². The Kier molecular flexibility index (Phi) is 6.64. The van der Waals surface area contributed by atoms with Crippen LogP contribution in [0.2, 0.25) is 0 Å². The largest absolute Gasteiger partial charge is 0.309 e. The molecule has 0 aliphatic carbocycles. The molecule has 0 fully saturated rings. The van der Waals surface area contributed by atoms with Crippen molar-refractivity contribution in [2.24, 2.45) is 0 Å². The van der Waals surface area contributed by atoms with Gasteiger partial charge < -0.3 is 4.57 Å². The average molecular weight is 638 g/mol. The topological polar surface area (TPSA) is 30.0 Å². The van der Waals surface area contributed by atoms with E-state index in [4.69, 9.17) is 4.98 Å². The molecule has 2 aromatic heterocycles. The second kappa shape index (κ2) is 11.2. The number of rotatable bonds is 5. The molecule has 7 aromatic carbocycles. The van der Waals surface area contributed by atoms with Crippen molar-refractivity contribution in [2.75, 3.05) is 0 Å². The summed E-state index contributed by atoms with van der Waals surface area (Å²) in [5.74, 6) is 0. The maximum absolute atomic E-state index is 15.0. The molecule has 0 N–H and O–H groups in total. The first-order valence-electron chi connectivity index (χ1n) is 15.7. The van der Waals surface area contributed by atoms with Gasteiger partial charge in [0.2, 0.25) is 0 Å². The first kappa shape index (κ1) is 27.9. The Labute approximate surface area is 277 Å². The number of aromatic nitrogens is 1. The van der Waals surface area contributed by atoms with Gasteiger partial charge in [0.1, 0.15) is 0 Å². The Morgan fingerprint density at radius 3 is 1.72 bits per heavy atom. The average Bonchev–Trinajstić information content (AvgIpc) is 3.54. The summed E-state index contributed by atoms with van der Waals surface area (Å²) in [5.41, 5.74) is 5.13. The van der Waals surface area contributed by atoms with Crippen molar-refractivity contribution in [3.8, 4) is 22.4 Å². The second-order valence-corrected chi connectivity index (χ2v) is 15.7. The third kappa shape index (κ3) is 4.47. The molecule has 222 valence electrons. The van der Waals surface area contributed by atoms with E-state index in [9.17, 15) is 0 Å². The summed E-state index contributed by atoms with van der Waals surface area (Å²) in [5, 5.41) is 8.56. The lowest BCUT2D eigenvalue weighted by molar-refractivity contribution is 0.592. The predicted molar refractivity (Wildman–Crippen MR) is 202 cm³/mol. The van der Waals surface area contributed by atoms with Gasteiger partial charge in [-0.1, -0.05) is 158 Å². The minimum atomic E-state index is -3.07. The van der Waals surface area contributed by atoms with Crippen molar-refractivity contribution < 1.29 is 4.57 Å². The van der Waals surface area contributed by atoms with Gasteiger partial charge in [-0.3, -0.25) is 0 Å². The maximum Gasteiger partial charge on any atom is 0.171 e. The van der Waals surface area contributed by atoms with E-state index < -0.39 is 7.14 Å². The van der Waals surface area contributed by atoms with Crippen LogP contribution in [0.1, 0.15) is 0 Å². The van der Waals surface area contributed by atoms with Gasteiger partial charge in [0, 0.05) is 63.4 Å². The quantitative estimate of drug-likeness (QED) is 0.139. The Hall–Kier alpha value is -5.34. The summed E-state index contributed by atoms with van der Waals surface area (Å²) < 4.78 is 17.6. The van der Waals surface area contributed by atoms with Crippen LogP contribution in [0.3, 0.4) is 0 Å². The van der Waals surface area contributed by atoms with Crippen LogP contribution in [0.4, 0.5) is 0 Å². The summed E-state index contributed by atoms with van der Waals surface area (Å²) in [6, 6.07) is 58.2. The molecule has 0 saturated carbocycles. The molecule has 0 radical (unpaired) electrons. The number of hydrogen-bond donors (Lipinski definition) is 0.